The molecular formula is C11H9BF3KN2O. The molecule has 1 heterocycles. The molecule has 94 valence electrons. The summed E-state index contributed by atoms with van der Waals surface area (Å²) >= 11 is 0. The van der Waals surface area contributed by atoms with Crippen LogP contribution in [0.5, 0.6) is 0 Å². The first-order chi connectivity index (χ1) is 8.39. The average molecular weight is 292 g/mol. The fourth-order valence-electron chi connectivity index (χ4n) is 1.54. The number of allylic oxidation sites excluding steroid dienone is 1. The Hall–Kier alpha value is -0.409. The predicted molar refractivity (Wildman–Crippen MR) is 64.2 cm³/mol. The van der Waals surface area contributed by atoms with E-state index in [-0.39, 0.29) is 51.4 Å². The SMILES string of the molecule is C=C(Cn1ncc2ccccc2c1=O)[B-](F)(F)F.[K+]. The quantitative estimate of drug-likeness (QED) is 0.704. The zero-order valence-corrected chi connectivity index (χ0v) is 13.4. The van der Waals surface area contributed by atoms with Crippen molar-refractivity contribution in [3.8, 4) is 0 Å². The van der Waals surface area contributed by atoms with E-state index in [2.05, 4.69) is 11.7 Å². The molecule has 0 fully saturated rings. The maximum Gasteiger partial charge on any atom is 1.00 e. The van der Waals surface area contributed by atoms with Crippen molar-refractivity contribution in [2.75, 3.05) is 0 Å². The van der Waals surface area contributed by atoms with Crippen molar-refractivity contribution in [3.63, 3.8) is 0 Å². The summed E-state index contributed by atoms with van der Waals surface area (Å²) < 4.78 is 38.0. The Morgan fingerprint density at radius 2 is 1.95 bits per heavy atom. The Morgan fingerprint density at radius 3 is 2.58 bits per heavy atom. The molecule has 0 saturated carbocycles. The number of aromatic nitrogens is 2. The molecule has 0 aliphatic carbocycles. The monoisotopic (exact) mass is 292 g/mol. The first kappa shape index (κ1) is 16.6. The molecule has 0 atom stereocenters. The third-order valence-electron chi connectivity index (χ3n) is 2.58. The zero-order valence-electron chi connectivity index (χ0n) is 10.3. The molecule has 2 aromatic rings. The fourth-order valence-corrected chi connectivity index (χ4v) is 1.54. The number of rotatable bonds is 3. The Morgan fingerprint density at radius 1 is 1.32 bits per heavy atom. The summed E-state index contributed by atoms with van der Waals surface area (Å²) in [5, 5.41) is 4.65. The molecule has 2 rings (SSSR count). The molecule has 19 heavy (non-hydrogen) atoms. The van der Waals surface area contributed by atoms with E-state index < -0.39 is 24.6 Å². The van der Waals surface area contributed by atoms with E-state index in [1.54, 1.807) is 24.3 Å². The molecule has 1 aromatic heterocycles. The van der Waals surface area contributed by atoms with Crippen molar-refractivity contribution in [2.45, 2.75) is 6.54 Å². The second-order valence-electron chi connectivity index (χ2n) is 3.93. The molecule has 0 radical (unpaired) electrons. The van der Waals surface area contributed by atoms with Gasteiger partial charge in [0.05, 0.1) is 11.6 Å². The van der Waals surface area contributed by atoms with Crippen LogP contribution in [0.1, 0.15) is 0 Å². The topological polar surface area (TPSA) is 34.9 Å². The minimum absolute atomic E-state index is 0. The van der Waals surface area contributed by atoms with E-state index in [0.29, 0.717) is 10.8 Å². The first-order valence-corrected chi connectivity index (χ1v) is 5.22. The summed E-state index contributed by atoms with van der Waals surface area (Å²) in [4.78, 5) is 11.9. The minimum atomic E-state index is -5.15. The van der Waals surface area contributed by atoms with Gasteiger partial charge in [0.25, 0.3) is 5.56 Å². The maximum absolute atomic E-state index is 12.4. The third kappa shape index (κ3) is 3.79. The smallest absolute Gasteiger partial charge is 0.445 e. The summed E-state index contributed by atoms with van der Waals surface area (Å²) in [7, 11) is 0. The van der Waals surface area contributed by atoms with Crippen LogP contribution < -0.4 is 56.9 Å². The van der Waals surface area contributed by atoms with Crippen molar-refractivity contribution in [3.05, 3.63) is 52.9 Å². The van der Waals surface area contributed by atoms with E-state index in [0.717, 1.165) is 4.68 Å². The molecule has 0 N–H and O–H groups in total. The van der Waals surface area contributed by atoms with Crippen LogP contribution in [-0.4, -0.2) is 16.8 Å². The van der Waals surface area contributed by atoms with Gasteiger partial charge in [0.1, 0.15) is 0 Å². The van der Waals surface area contributed by atoms with Gasteiger partial charge in [-0.1, -0.05) is 18.2 Å². The van der Waals surface area contributed by atoms with Gasteiger partial charge >= 0.3 is 58.4 Å². The van der Waals surface area contributed by atoms with Crippen molar-refractivity contribution < 1.29 is 64.3 Å². The van der Waals surface area contributed by atoms with Crippen LogP contribution in [-0.2, 0) is 6.54 Å². The van der Waals surface area contributed by atoms with Gasteiger partial charge in [0.2, 0.25) is 0 Å². The first-order valence-electron chi connectivity index (χ1n) is 5.22. The number of halogens is 3. The standard InChI is InChI=1S/C11H9BF3N2O.K/c1-8(12(13,14)15)7-17-11(18)10-5-3-2-4-9(10)6-16-17;/h2-6H,1,7H2;/q-1;+1. The zero-order chi connectivity index (χ0) is 13.3. The number of benzene rings is 1. The third-order valence-corrected chi connectivity index (χ3v) is 2.58. The molecule has 0 aliphatic rings. The van der Waals surface area contributed by atoms with E-state index >= 15 is 0 Å². The van der Waals surface area contributed by atoms with Crippen LogP contribution >= 0.6 is 0 Å². The van der Waals surface area contributed by atoms with Gasteiger partial charge in [-0.3, -0.25) is 4.79 Å². The molecule has 1 aromatic carbocycles. The molecule has 8 heteroatoms. The van der Waals surface area contributed by atoms with Crippen LogP contribution in [0.4, 0.5) is 12.9 Å². The average Bonchev–Trinajstić information content (AvgIpc) is 2.32. The van der Waals surface area contributed by atoms with Gasteiger partial charge in [-0.05, 0) is 6.07 Å². The molecule has 0 bridgehead atoms. The predicted octanol–water partition coefficient (Wildman–Crippen LogP) is -0.657. The van der Waals surface area contributed by atoms with E-state index in [9.17, 15) is 17.7 Å². The van der Waals surface area contributed by atoms with Gasteiger partial charge in [-0.25, -0.2) is 4.68 Å². The molecule has 0 unspecified atom stereocenters. The Balaban J connectivity index is 0.00000180. The summed E-state index contributed by atoms with van der Waals surface area (Å²) in [5.74, 6) is 0. The van der Waals surface area contributed by atoms with Crippen LogP contribution in [0.2, 0.25) is 0 Å². The summed E-state index contributed by atoms with van der Waals surface area (Å²) in [5.41, 5.74) is -1.49. The Bertz CT molecular complexity index is 669. The molecule has 3 nitrogen and oxygen atoms in total. The second-order valence-corrected chi connectivity index (χ2v) is 3.93. The number of nitrogens with zero attached hydrogens (tertiary/aromatic N) is 2. The largest absolute Gasteiger partial charge is 1.00 e. The number of hydrogen-bond donors (Lipinski definition) is 0. The van der Waals surface area contributed by atoms with E-state index in [1.165, 1.54) is 6.20 Å². The van der Waals surface area contributed by atoms with Crippen LogP contribution in [0, 0.1) is 0 Å². The maximum atomic E-state index is 12.4. The van der Waals surface area contributed by atoms with Crippen molar-refractivity contribution in [1.82, 2.24) is 9.78 Å². The van der Waals surface area contributed by atoms with Crippen molar-refractivity contribution in [1.29, 1.82) is 0 Å². The van der Waals surface area contributed by atoms with Crippen molar-refractivity contribution >= 4 is 17.7 Å². The summed E-state index contributed by atoms with van der Waals surface area (Å²) in [6.45, 7) is -2.84. The second kappa shape index (κ2) is 6.36. The molecule has 0 spiro atoms. The van der Waals surface area contributed by atoms with Gasteiger partial charge in [0.15, 0.2) is 0 Å². The van der Waals surface area contributed by atoms with Gasteiger partial charge in [-0.15, -0.1) is 12.1 Å². The van der Waals surface area contributed by atoms with Crippen LogP contribution in [0.25, 0.3) is 10.8 Å². The fraction of sp³-hybridized carbons (Fsp3) is 0.0909. The molecule has 0 amide bonds. The van der Waals surface area contributed by atoms with Gasteiger partial charge < -0.3 is 12.9 Å². The summed E-state index contributed by atoms with van der Waals surface area (Å²) in [6.07, 6.45) is 1.37. The molecule has 0 saturated heterocycles. The molecule has 0 aliphatic heterocycles. The van der Waals surface area contributed by atoms with E-state index in [4.69, 9.17) is 0 Å². The minimum Gasteiger partial charge on any atom is -0.445 e. The van der Waals surface area contributed by atoms with E-state index in [1.807, 2.05) is 0 Å². The van der Waals surface area contributed by atoms with Gasteiger partial charge in [-0.2, -0.15) is 5.10 Å². The Labute approximate surface area is 150 Å². The summed E-state index contributed by atoms with van der Waals surface area (Å²) in [6, 6.07) is 6.61. The van der Waals surface area contributed by atoms with Crippen LogP contribution in [0.15, 0.2) is 47.3 Å². The number of hydrogen-bond acceptors (Lipinski definition) is 2. The molecular weight excluding hydrogens is 283 g/mol. The number of fused-ring (bicyclic) bond motifs is 1. The van der Waals surface area contributed by atoms with Gasteiger partial charge in [0, 0.05) is 11.9 Å². The Kier molecular flexibility index (Phi) is 5.57. The normalized spacial score (nSPS) is 11.1. The van der Waals surface area contributed by atoms with Crippen molar-refractivity contribution in [2.24, 2.45) is 0 Å². The van der Waals surface area contributed by atoms with Crippen LogP contribution in [0.3, 0.4) is 0 Å².